The molecular weight excluding hydrogens is 252 g/mol. The molecule has 0 amide bonds. The van der Waals surface area contributed by atoms with Crippen molar-refractivity contribution in [2.24, 2.45) is 23.5 Å². The van der Waals surface area contributed by atoms with Crippen LogP contribution < -0.4 is 16.6 Å². The molecule has 0 bridgehead atoms. The Bertz CT molecular complexity index is 483. The second kappa shape index (κ2) is 6.88. The van der Waals surface area contributed by atoms with Crippen LogP contribution in [0.5, 0.6) is 0 Å². The summed E-state index contributed by atoms with van der Waals surface area (Å²) in [7, 11) is 0. The average Bonchev–Trinajstić information content (AvgIpc) is 2.86. The van der Waals surface area contributed by atoms with Crippen LogP contribution in [-0.2, 0) is 6.54 Å². The highest BCUT2D eigenvalue weighted by Crippen LogP contribution is 2.30. The van der Waals surface area contributed by atoms with Gasteiger partial charge in [-0.25, -0.2) is 4.98 Å². The fourth-order valence-corrected chi connectivity index (χ4v) is 3.03. The first-order valence-electron chi connectivity index (χ1n) is 7.61. The number of anilines is 1. The van der Waals surface area contributed by atoms with Crippen LogP contribution in [0.15, 0.2) is 17.2 Å². The summed E-state index contributed by atoms with van der Waals surface area (Å²) in [6.07, 6.45) is 7.10. The van der Waals surface area contributed by atoms with Gasteiger partial charge >= 0.3 is 0 Å². The molecule has 3 N–H and O–H groups in total. The van der Waals surface area contributed by atoms with Crippen LogP contribution >= 0.6 is 0 Å². The molecule has 0 aliphatic heterocycles. The molecule has 0 aromatic carbocycles. The van der Waals surface area contributed by atoms with Crippen molar-refractivity contribution in [3.8, 4) is 0 Å². The second-order valence-electron chi connectivity index (χ2n) is 6.19. The van der Waals surface area contributed by atoms with E-state index in [1.807, 2.05) is 0 Å². The first kappa shape index (κ1) is 15.0. The van der Waals surface area contributed by atoms with Crippen LogP contribution in [0.25, 0.3) is 0 Å². The van der Waals surface area contributed by atoms with Gasteiger partial charge in [-0.3, -0.25) is 4.79 Å². The van der Waals surface area contributed by atoms with Gasteiger partial charge in [-0.1, -0.05) is 20.3 Å². The van der Waals surface area contributed by atoms with Gasteiger partial charge < -0.3 is 15.6 Å². The highest BCUT2D eigenvalue weighted by Gasteiger charge is 2.25. The molecule has 2 rings (SSSR count). The van der Waals surface area contributed by atoms with E-state index in [0.717, 1.165) is 19.6 Å². The Morgan fingerprint density at radius 2 is 2.20 bits per heavy atom. The largest absolute Gasteiger partial charge is 0.365 e. The Kier molecular flexibility index (Phi) is 5.17. The van der Waals surface area contributed by atoms with Crippen molar-refractivity contribution in [1.82, 2.24) is 9.55 Å². The van der Waals surface area contributed by atoms with E-state index in [4.69, 9.17) is 5.73 Å². The number of nitrogens with zero attached hydrogens (tertiary/aromatic N) is 2. The van der Waals surface area contributed by atoms with Crippen molar-refractivity contribution >= 4 is 5.82 Å². The summed E-state index contributed by atoms with van der Waals surface area (Å²) in [5.74, 6) is 2.07. The molecule has 20 heavy (non-hydrogen) atoms. The van der Waals surface area contributed by atoms with Crippen molar-refractivity contribution in [3.05, 3.63) is 22.7 Å². The van der Waals surface area contributed by atoms with Gasteiger partial charge in [0.2, 0.25) is 0 Å². The Morgan fingerprint density at radius 3 is 2.90 bits per heavy atom. The minimum absolute atomic E-state index is 0.0245. The molecule has 1 aliphatic carbocycles. The monoisotopic (exact) mass is 278 g/mol. The normalized spacial score (nSPS) is 22.4. The number of nitrogens with two attached hydrogens (primary N) is 1. The van der Waals surface area contributed by atoms with Crippen LogP contribution in [0.1, 0.15) is 33.1 Å². The molecule has 1 aliphatic rings. The Labute approximate surface area is 120 Å². The van der Waals surface area contributed by atoms with Crippen LogP contribution in [0.4, 0.5) is 5.82 Å². The first-order chi connectivity index (χ1) is 9.61. The summed E-state index contributed by atoms with van der Waals surface area (Å²) in [4.78, 5) is 16.5. The number of nitrogens with one attached hydrogen (secondary N) is 1. The molecule has 0 radical (unpaired) electrons. The van der Waals surface area contributed by atoms with Gasteiger partial charge in [0.05, 0.1) is 0 Å². The van der Waals surface area contributed by atoms with E-state index in [1.54, 1.807) is 17.0 Å². The summed E-state index contributed by atoms with van der Waals surface area (Å²) in [5, 5.41) is 3.23. The van der Waals surface area contributed by atoms with E-state index in [2.05, 4.69) is 24.1 Å². The van der Waals surface area contributed by atoms with Crippen LogP contribution in [0.2, 0.25) is 0 Å². The minimum Gasteiger partial charge on any atom is -0.365 e. The minimum atomic E-state index is -0.0245. The Balaban J connectivity index is 2.01. The van der Waals surface area contributed by atoms with E-state index < -0.39 is 0 Å². The van der Waals surface area contributed by atoms with Gasteiger partial charge in [-0.05, 0) is 37.1 Å². The van der Waals surface area contributed by atoms with Crippen molar-refractivity contribution in [1.29, 1.82) is 0 Å². The van der Waals surface area contributed by atoms with Crippen molar-refractivity contribution in [2.45, 2.75) is 39.7 Å². The second-order valence-corrected chi connectivity index (χ2v) is 6.19. The average molecular weight is 278 g/mol. The van der Waals surface area contributed by atoms with Crippen molar-refractivity contribution < 1.29 is 0 Å². The standard InChI is InChI=1S/C15H26N4O/c1-11(2)10-19-7-6-17-14(15(19)20)18-9-13-5-3-4-12(13)8-16/h6-7,11-13H,3-5,8-10,16H2,1-2H3,(H,17,18). The molecule has 1 fully saturated rings. The van der Waals surface area contributed by atoms with E-state index in [1.165, 1.54) is 19.3 Å². The molecule has 5 heteroatoms. The molecule has 1 saturated carbocycles. The zero-order chi connectivity index (χ0) is 14.5. The number of hydrogen-bond acceptors (Lipinski definition) is 4. The summed E-state index contributed by atoms with van der Waals surface area (Å²) in [6, 6.07) is 0. The molecule has 0 spiro atoms. The maximum absolute atomic E-state index is 12.3. The molecule has 2 unspecified atom stereocenters. The summed E-state index contributed by atoms with van der Waals surface area (Å²) < 4.78 is 1.73. The van der Waals surface area contributed by atoms with E-state index in [-0.39, 0.29) is 5.56 Å². The first-order valence-corrected chi connectivity index (χ1v) is 7.61. The SMILES string of the molecule is CC(C)Cn1ccnc(NCC2CCCC2CN)c1=O. The quantitative estimate of drug-likeness (QED) is 0.830. The van der Waals surface area contributed by atoms with Gasteiger partial charge in [-0.2, -0.15) is 0 Å². The summed E-state index contributed by atoms with van der Waals surface area (Å²) in [5.41, 5.74) is 5.77. The molecule has 0 saturated heterocycles. The van der Waals surface area contributed by atoms with Gasteiger partial charge in [-0.15, -0.1) is 0 Å². The van der Waals surface area contributed by atoms with Gasteiger partial charge in [0.1, 0.15) is 0 Å². The van der Waals surface area contributed by atoms with Crippen LogP contribution in [0.3, 0.4) is 0 Å². The number of hydrogen-bond donors (Lipinski definition) is 2. The lowest BCUT2D eigenvalue weighted by atomic mass is 9.96. The summed E-state index contributed by atoms with van der Waals surface area (Å²) >= 11 is 0. The number of aromatic nitrogens is 2. The molecule has 2 atom stereocenters. The van der Waals surface area contributed by atoms with Crippen molar-refractivity contribution in [2.75, 3.05) is 18.4 Å². The highest BCUT2D eigenvalue weighted by molar-refractivity contribution is 5.30. The lowest BCUT2D eigenvalue weighted by molar-refractivity contribution is 0.413. The smallest absolute Gasteiger partial charge is 0.293 e. The maximum Gasteiger partial charge on any atom is 0.293 e. The van der Waals surface area contributed by atoms with E-state index >= 15 is 0 Å². The molecular formula is C15H26N4O. The summed E-state index contributed by atoms with van der Waals surface area (Å²) in [6.45, 7) is 6.47. The fourth-order valence-electron chi connectivity index (χ4n) is 3.03. The maximum atomic E-state index is 12.3. The predicted octanol–water partition coefficient (Wildman–Crippen LogP) is 1.69. The molecule has 1 aromatic heterocycles. The molecule has 1 heterocycles. The van der Waals surface area contributed by atoms with E-state index in [0.29, 0.717) is 23.6 Å². The van der Waals surface area contributed by atoms with Crippen LogP contribution in [-0.4, -0.2) is 22.6 Å². The van der Waals surface area contributed by atoms with E-state index in [9.17, 15) is 4.79 Å². The molecule has 5 nitrogen and oxygen atoms in total. The lowest BCUT2D eigenvalue weighted by Crippen LogP contribution is -2.29. The van der Waals surface area contributed by atoms with Gasteiger partial charge in [0.15, 0.2) is 5.82 Å². The van der Waals surface area contributed by atoms with Gasteiger partial charge in [0, 0.05) is 25.5 Å². The zero-order valence-corrected chi connectivity index (χ0v) is 12.5. The third-order valence-electron chi connectivity index (χ3n) is 4.13. The fraction of sp³-hybridized carbons (Fsp3) is 0.733. The van der Waals surface area contributed by atoms with Gasteiger partial charge in [0.25, 0.3) is 5.56 Å². The Morgan fingerprint density at radius 1 is 1.45 bits per heavy atom. The Hall–Kier alpha value is -1.36. The highest BCUT2D eigenvalue weighted by atomic mass is 16.1. The van der Waals surface area contributed by atoms with Crippen molar-refractivity contribution in [3.63, 3.8) is 0 Å². The topological polar surface area (TPSA) is 72.9 Å². The number of rotatable bonds is 6. The lowest BCUT2D eigenvalue weighted by Gasteiger charge is -2.18. The van der Waals surface area contributed by atoms with Crippen LogP contribution in [0, 0.1) is 17.8 Å². The molecule has 1 aromatic rings. The predicted molar refractivity (Wildman–Crippen MR) is 81.7 cm³/mol. The third-order valence-corrected chi connectivity index (χ3v) is 4.13. The third kappa shape index (κ3) is 3.60. The zero-order valence-electron chi connectivity index (χ0n) is 12.5. The molecule has 112 valence electrons.